The van der Waals surface area contributed by atoms with Crippen LogP contribution < -0.4 is 4.90 Å². The van der Waals surface area contributed by atoms with E-state index in [2.05, 4.69) is 9.88 Å². The first kappa shape index (κ1) is 20.1. The van der Waals surface area contributed by atoms with Gasteiger partial charge in [0.15, 0.2) is 5.82 Å². The van der Waals surface area contributed by atoms with Crippen LogP contribution in [0.5, 0.6) is 5.75 Å². The molecule has 1 fully saturated rings. The summed E-state index contributed by atoms with van der Waals surface area (Å²) in [6, 6.07) is 14.8. The van der Waals surface area contributed by atoms with Crippen LogP contribution in [0.25, 0.3) is 22.3 Å². The Bertz CT molecular complexity index is 1050. The molecule has 1 atom stereocenters. The van der Waals surface area contributed by atoms with Gasteiger partial charge < -0.3 is 20.0 Å². The highest BCUT2D eigenvalue weighted by Crippen LogP contribution is 2.31. The number of anilines is 1. The van der Waals surface area contributed by atoms with Crippen LogP contribution in [0.3, 0.4) is 0 Å². The molecule has 0 spiro atoms. The van der Waals surface area contributed by atoms with Crippen LogP contribution >= 0.6 is 0 Å². The summed E-state index contributed by atoms with van der Waals surface area (Å²) < 4.78 is 0. The summed E-state index contributed by atoms with van der Waals surface area (Å²) in [5.74, 6) is 1.21. The normalized spacial score (nSPS) is 15.4. The van der Waals surface area contributed by atoms with E-state index in [1.165, 1.54) is 0 Å². The van der Waals surface area contributed by atoms with Gasteiger partial charge in [0.1, 0.15) is 17.7 Å². The summed E-state index contributed by atoms with van der Waals surface area (Å²) in [5.41, 5.74) is 1.39. The van der Waals surface area contributed by atoms with Gasteiger partial charge in [-0.2, -0.15) is 0 Å². The number of carbonyl (C=O) groups is 1. The molecule has 1 saturated heterocycles. The van der Waals surface area contributed by atoms with Gasteiger partial charge in [-0.1, -0.05) is 37.6 Å². The first-order valence-electron chi connectivity index (χ1n) is 10.4. The van der Waals surface area contributed by atoms with Crippen molar-refractivity contribution in [3.8, 4) is 17.1 Å². The number of benzene rings is 2. The molecule has 0 radical (unpaired) electrons. The molecule has 2 N–H and O–H groups in total. The monoisotopic (exact) mass is 408 g/mol. The fraction of sp³-hybridized carbons (Fsp3) is 0.348. The third kappa shape index (κ3) is 3.93. The van der Waals surface area contributed by atoms with Gasteiger partial charge in [-0.3, -0.25) is 4.79 Å². The Morgan fingerprint density at radius 1 is 1.07 bits per heavy atom. The Morgan fingerprint density at radius 2 is 1.77 bits per heavy atom. The number of phenolic OH excluding ortho intramolecular Hbond substituents is 1. The average Bonchev–Trinajstić information content (AvgIpc) is 2.78. The third-order valence-electron chi connectivity index (χ3n) is 5.47. The zero-order chi connectivity index (χ0) is 21.1. The third-order valence-corrected chi connectivity index (χ3v) is 5.47. The van der Waals surface area contributed by atoms with Crippen molar-refractivity contribution in [1.29, 1.82) is 0 Å². The molecule has 2 heterocycles. The van der Waals surface area contributed by atoms with E-state index in [9.17, 15) is 15.0 Å². The summed E-state index contributed by atoms with van der Waals surface area (Å²) in [6.45, 7) is 4.25. The van der Waals surface area contributed by atoms with Crippen LogP contribution in [0, 0.1) is 0 Å². The van der Waals surface area contributed by atoms with Gasteiger partial charge in [-0.05, 0) is 30.7 Å². The topological polar surface area (TPSA) is 89.8 Å². The van der Waals surface area contributed by atoms with E-state index in [4.69, 9.17) is 4.98 Å². The minimum absolute atomic E-state index is 0. The van der Waals surface area contributed by atoms with Crippen molar-refractivity contribution in [1.82, 2.24) is 14.9 Å². The summed E-state index contributed by atoms with van der Waals surface area (Å²) in [6.07, 6.45) is 0.336. The number of aromatic nitrogens is 2. The van der Waals surface area contributed by atoms with E-state index < -0.39 is 6.10 Å². The molecule has 2 aromatic carbocycles. The van der Waals surface area contributed by atoms with E-state index in [1.807, 2.05) is 37.3 Å². The highest BCUT2D eigenvalue weighted by Gasteiger charge is 2.27. The molecule has 158 valence electrons. The predicted molar refractivity (Wildman–Crippen MR) is 118 cm³/mol. The zero-order valence-corrected chi connectivity index (χ0v) is 17.0. The lowest BCUT2D eigenvalue weighted by Gasteiger charge is -2.36. The molecule has 4 rings (SSSR count). The van der Waals surface area contributed by atoms with Crippen LogP contribution in [0.15, 0.2) is 48.5 Å². The van der Waals surface area contributed by atoms with Crippen molar-refractivity contribution in [2.24, 2.45) is 0 Å². The minimum Gasteiger partial charge on any atom is -0.507 e. The number of amides is 1. The summed E-state index contributed by atoms with van der Waals surface area (Å²) >= 11 is 0. The summed E-state index contributed by atoms with van der Waals surface area (Å²) in [5, 5.41) is 21.2. The molecule has 1 aromatic heterocycles. The number of carbonyl (C=O) groups excluding carboxylic acids is 1. The van der Waals surface area contributed by atoms with Crippen molar-refractivity contribution in [2.75, 3.05) is 31.1 Å². The number of aliphatic hydroxyl groups is 1. The van der Waals surface area contributed by atoms with Crippen molar-refractivity contribution < 1.29 is 16.4 Å². The number of piperazine rings is 1. The lowest BCUT2D eigenvalue weighted by molar-refractivity contribution is -0.140. The Morgan fingerprint density at radius 3 is 2.50 bits per heavy atom. The van der Waals surface area contributed by atoms with E-state index in [0.717, 1.165) is 23.1 Å². The number of aliphatic hydroxyl groups excluding tert-OH is 1. The van der Waals surface area contributed by atoms with Crippen LogP contribution in [-0.4, -0.2) is 63.3 Å². The van der Waals surface area contributed by atoms with E-state index in [0.29, 0.717) is 44.0 Å². The molecule has 1 unspecified atom stereocenters. The fourth-order valence-corrected chi connectivity index (χ4v) is 3.83. The standard InChI is InChI=1S/C23H26N4O3.H2/c1-2-7-20(29)23(30)27-14-12-26(13-15-27)22-16-8-3-5-10-18(16)24-21(25-22)17-9-4-6-11-19(17)28;/h3-6,8-11,20,28-29H,2,7,12-15H2,1H3;1H. The fourth-order valence-electron chi connectivity index (χ4n) is 3.83. The first-order chi connectivity index (χ1) is 14.6. The molecule has 0 saturated carbocycles. The summed E-state index contributed by atoms with van der Waals surface area (Å²) in [7, 11) is 0. The second-order valence-electron chi connectivity index (χ2n) is 7.52. The number of nitrogens with zero attached hydrogens (tertiary/aromatic N) is 4. The molecule has 1 aliphatic rings. The van der Waals surface area contributed by atoms with Gasteiger partial charge >= 0.3 is 0 Å². The second-order valence-corrected chi connectivity index (χ2v) is 7.52. The molecule has 0 aliphatic carbocycles. The van der Waals surface area contributed by atoms with Crippen molar-refractivity contribution in [3.63, 3.8) is 0 Å². The van der Waals surface area contributed by atoms with Gasteiger partial charge in [0, 0.05) is 33.0 Å². The number of rotatable bonds is 5. The molecule has 1 amide bonds. The minimum atomic E-state index is -0.922. The molecule has 7 heteroatoms. The van der Waals surface area contributed by atoms with E-state index >= 15 is 0 Å². The second kappa shape index (κ2) is 8.67. The van der Waals surface area contributed by atoms with Crippen LogP contribution in [0.2, 0.25) is 0 Å². The van der Waals surface area contributed by atoms with Gasteiger partial charge in [0.25, 0.3) is 5.91 Å². The highest BCUT2D eigenvalue weighted by molar-refractivity contribution is 5.91. The summed E-state index contributed by atoms with van der Waals surface area (Å²) in [4.78, 5) is 25.7. The van der Waals surface area contributed by atoms with Crippen molar-refractivity contribution in [3.05, 3.63) is 48.5 Å². The van der Waals surface area contributed by atoms with Crippen molar-refractivity contribution in [2.45, 2.75) is 25.9 Å². The number of fused-ring (bicyclic) bond motifs is 1. The Kier molecular flexibility index (Phi) is 5.81. The van der Waals surface area contributed by atoms with Crippen LogP contribution in [0.4, 0.5) is 5.82 Å². The molecule has 1 aliphatic heterocycles. The molecule has 0 bridgehead atoms. The number of aromatic hydroxyl groups is 1. The first-order valence-corrected chi connectivity index (χ1v) is 10.4. The van der Waals surface area contributed by atoms with Gasteiger partial charge in [0.2, 0.25) is 0 Å². The Labute approximate surface area is 177 Å². The maximum atomic E-state index is 12.4. The molecular formula is C23H28N4O3. The smallest absolute Gasteiger partial charge is 0.251 e. The van der Waals surface area contributed by atoms with Gasteiger partial charge in [-0.15, -0.1) is 0 Å². The van der Waals surface area contributed by atoms with Gasteiger partial charge in [-0.25, -0.2) is 9.97 Å². The number of para-hydroxylation sites is 2. The highest BCUT2D eigenvalue weighted by atomic mass is 16.3. The quantitative estimate of drug-likeness (QED) is 0.674. The molecule has 7 nitrogen and oxygen atoms in total. The number of hydrogen-bond acceptors (Lipinski definition) is 6. The largest absolute Gasteiger partial charge is 0.507 e. The van der Waals surface area contributed by atoms with Gasteiger partial charge in [0.05, 0.1) is 11.1 Å². The van der Waals surface area contributed by atoms with E-state index in [-0.39, 0.29) is 13.1 Å². The molecule has 3 aromatic rings. The van der Waals surface area contributed by atoms with Crippen LogP contribution in [0.1, 0.15) is 21.2 Å². The van der Waals surface area contributed by atoms with E-state index in [1.54, 1.807) is 23.1 Å². The lowest BCUT2D eigenvalue weighted by Crippen LogP contribution is -2.51. The maximum absolute atomic E-state index is 12.4. The SMILES string of the molecule is CCCC(O)C(=O)N1CCN(c2nc(-c3ccccc3O)nc3ccccc23)CC1.[HH]. The Balaban J connectivity index is 0.00000272. The molecule has 30 heavy (non-hydrogen) atoms. The lowest BCUT2D eigenvalue weighted by atomic mass is 10.1. The predicted octanol–water partition coefficient (Wildman–Crippen LogP) is 3.06. The number of hydrogen-bond donors (Lipinski definition) is 2. The van der Waals surface area contributed by atoms with Crippen LogP contribution in [-0.2, 0) is 4.79 Å². The average molecular weight is 409 g/mol. The maximum Gasteiger partial charge on any atom is 0.251 e. The molecular weight excluding hydrogens is 380 g/mol. The number of phenols is 1. The zero-order valence-electron chi connectivity index (χ0n) is 17.0. The van der Waals surface area contributed by atoms with Crippen molar-refractivity contribution >= 4 is 22.6 Å². The Hall–Kier alpha value is -3.19.